The van der Waals surface area contributed by atoms with Crippen LogP contribution in [0.1, 0.15) is 20.3 Å². The molecule has 1 aromatic rings. The molecule has 0 unspecified atom stereocenters. The van der Waals surface area contributed by atoms with Crippen molar-refractivity contribution >= 4 is 28.7 Å². The number of nitrogens with zero attached hydrogens (tertiary/aromatic N) is 1. The number of anilines is 1. The van der Waals surface area contributed by atoms with Gasteiger partial charge in [-0.25, -0.2) is 0 Å². The standard InChI is InChI=1S/C11H15N3O2S/c1-3-8(2)12-11(17)13-9-4-6-10(7-5-9)14(15)16/h4-8H,3H2,1-2H3,(H2,12,13,17)/t8-/m0/s1. The minimum atomic E-state index is -0.431. The van der Waals surface area contributed by atoms with Gasteiger partial charge in [0.05, 0.1) is 4.92 Å². The smallest absolute Gasteiger partial charge is 0.269 e. The molecule has 1 atom stereocenters. The molecule has 0 spiro atoms. The molecule has 0 aromatic heterocycles. The van der Waals surface area contributed by atoms with E-state index < -0.39 is 4.92 Å². The van der Waals surface area contributed by atoms with Crippen LogP contribution in [0.3, 0.4) is 0 Å². The monoisotopic (exact) mass is 253 g/mol. The summed E-state index contributed by atoms with van der Waals surface area (Å²) in [4.78, 5) is 10.0. The van der Waals surface area contributed by atoms with Crippen molar-refractivity contribution in [3.05, 3.63) is 34.4 Å². The number of non-ortho nitro benzene ring substituents is 1. The molecule has 1 aromatic carbocycles. The van der Waals surface area contributed by atoms with Gasteiger partial charge in [-0.1, -0.05) is 6.92 Å². The molecule has 0 saturated carbocycles. The zero-order valence-electron chi connectivity index (χ0n) is 9.77. The fraction of sp³-hybridized carbons (Fsp3) is 0.364. The SMILES string of the molecule is CC[C@H](C)NC(=S)Nc1ccc([N+](=O)[O-])cc1. The fourth-order valence-corrected chi connectivity index (χ4v) is 1.48. The van der Waals surface area contributed by atoms with Crippen LogP contribution in [0.4, 0.5) is 11.4 Å². The van der Waals surface area contributed by atoms with Crippen molar-refractivity contribution in [2.24, 2.45) is 0 Å². The van der Waals surface area contributed by atoms with E-state index in [4.69, 9.17) is 12.2 Å². The first-order valence-corrected chi connectivity index (χ1v) is 5.75. The van der Waals surface area contributed by atoms with Crippen LogP contribution < -0.4 is 10.6 Å². The van der Waals surface area contributed by atoms with Gasteiger partial charge in [-0.2, -0.15) is 0 Å². The molecule has 0 heterocycles. The third-order valence-corrected chi connectivity index (χ3v) is 2.55. The van der Waals surface area contributed by atoms with E-state index in [9.17, 15) is 10.1 Å². The average Bonchev–Trinajstić information content (AvgIpc) is 2.29. The second kappa shape index (κ2) is 6.15. The number of thiocarbonyl (C=S) groups is 1. The molecule has 2 N–H and O–H groups in total. The van der Waals surface area contributed by atoms with E-state index in [1.165, 1.54) is 12.1 Å². The van der Waals surface area contributed by atoms with E-state index in [-0.39, 0.29) is 5.69 Å². The summed E-state index contributed by atoms with van der Waals surface area (Å²) in [5, 5.41) is 17.1. The Balaban J connectivity index is 2.57. The largest absolute Gasteiger partial charge is 0.360 e. The maximum Gasteiger partial charge on any atom is 0.269 e. The summed E-state index contributed by atoms with van der Waals surface area (Å²) >= 11 is 5.11. The number of nitro groups is 1. The maximum absolute atomic E-state index is 10.5. The molecule has 6 heteroatoms. The molecule has 0 fully saturated rings. The lowest BCUT2D eigenvalue weighted by atomic mass is 10.2. The van der Waals surface area contributed by atoms with Gasteiger partial charge in [0.15, 0.2) is 5.11 Å². The Labute approximate surface area is 105 Å². The topological polar surface area (TPSA) is 67.2 Å². The van der Waals surface area contributed by atoms with Crippen molar-refractivity contribution in [1.29, 1.82) is 0 Å². The molecule has 5 nitrogen and oxygen atoms in total. The third kappa shape index (κ3) is 4.36. The van der Waals surface area contributed by atoms with Gasteiger partial charge in [-0.15, -0.1) is 0 Å². The Morgan fingerprint density at radius 2 is 2.06 bits per heavy atom. The van der Waals surface area contributed by atoms with Crippen LogP contribution in [0.25, 0.3) is 0 Å². The molecule has 0 bridgehead atoms. The number of nitrogens with one attached hydrogen (secondary N) is 2. The Bertz CT molecular complexity index is 406. The molecular weight excluding hydrogens is 238 g/mol. The number of hydrogen-bond acceptors (Lipinski definition) is 3. The van der Waals surface area contributed by atoms with Gasteiger partial charge in [0.1, 0.15) is 0 Å². The van der Waals surface area contributed by atoms with Gasteiger partial charge >= 0.3 is 0 Å². The van der Waals surface area contributed by atoms with E-state index in [2.05, 4.69) is 17.6 Å². The van der Waals surface area contributed by atoms with E-state index in [1.807, 2.05) is 6.92 Å². The van der Waals surface area contributed by atoms with Crippen LogP contribution in [0, 0.1) is 10.1 Å². The van der Waals surface area contributed by atoms with Crippen LogP contribution in [-0.2, 0) is 0 Å². The molecule has 1 rings (SSSR count). The first kappa shape index (κ1) is 13.4. The number of benzene rings is 1. The second-order valence-electron chi connectivity index (χ2n) is 3.71. The lowest BCUT2D eigenvalue weighted by Gasteiger charge is -2.15. The van der Waals surface area contributed by atoms with Crippen LogP contribution in [0.2, 0.25) is 0 Å². The lowest BCUT2D eigenvalue weighted by Crippen LogP contribution is -2.35. The number of rotatable bonds is 4. The van der Waals surface area contributed by atoms with Crippen LogP contribution in [0.15, 0.2) is 24.3 Å². The predicted octanol–water partition coefficient (Wildman–Crippen LogP) is 2.68. The van der Waals surface area contributed by atoms with E-state index in [0.717, 1.165) is 12.1 Å². The Hall–Kier alpha value is -1.69. The molecule has 0 aliphatic rings. The highest BCUT2D eigenvalue weighted by atomic mass is 32.1. The van der Waals surface area contributed by atoms with Gasteiger partial charge in [0.2, 0.25) is 0 Å². The van der Waals surface area contributed by atoms with E-state index in [1.54, 1.807) is 12.1 Å². The quantitative estimate of drug-likeness (QED) is 0.490. The van der Waals surface area contributed by atoms with Crippen molar-refractivity contribution in [2.45, 2.75) is 26.3 Å². The normalized spacial score (nSPS) is 11.6. The van der Waals surface area contributed by atoms with E-state index >= 15 is 0 Å². The fourth-order valence-electron chi connectivity index (χ4n) is 1.16. The van der Waals surface area contributed by atoms with Gasteiger partial charge in [0, 0.05) is 23.9 Å². The summed E-state index contributed by atoms with van der Waals surface area (Å²) in [6, 6.07) is 6.43. The second-order valence-corrected chi connectivity index (χ2v) is 4.12. The van der Waals surface area contributed by atoms with E-state index in [0.29, 0.717) is 11.2 Å². The molecule has 92 valence electrons. The Morgan fingerprint density at radius 3 is 2.53 bits per heavy atom. The average molecular weight is 253 g/mol. The van der Waals surface area contributed by atoms with Gasteiger partial charge in [-0.3, -0.25) is 10.1 Å². The first-order valence-electron chi connectivity index (χ1n) is 5.35. The van der Waals surface area contributed by atoms with Crippen molar-refractivity contribution < 1.29 is 4.92 Å². The first-order chi connectivity index (χ1) is 8.02. The Morgan fingerprint density at radius 1 is 1.47 bits per heavy atom. The summed E-state index contributed by atoms with van der Waals surface area (Å²) in [5.41, 5.74) is 0.799. The van der Waals surface area contributed by atoms with Crippen molar-refractivity contribution in [3.63, 3.8) is 0 Å². The summed E-state index contributed by atoms with van der Waals surface area (Å²) in [5.74, 6) is 0. The maximum atomic E-state index is 10.5. The van der Waals surface area contributed by atoms with Crippen molar-refractivity contribution in [1.82, 2.24) is 5.32 Å². The number of hydrogen-bond donors (Lipinski definition) is 2. The summed E-state index contributed by atoms with van der Waals surface area (Å²) in [6.07, 6.45) is 0.974. The highest BCUT2D eigenvalue weighted by Gasteiger charge is 2.05. The molecular formula is C11H15N3O2S. The zero-order chi connectivity index (χ0) is 12.8. The molecule has 0 saturated heterocycles. The molecule has 0 aliphatic heterocycles. The van der Waals surface area contributed by atoms with Gasteiger partial charge in [-0.05, 0) is 37.7 Å². The van der Waals surface area contributed by atoms with Gasteiger partial charge < -0.3 is 10.6 Å². The minimum Gasteiger partial charge on any atom is -0.360 e. The molecule has 0 radical (unpaired) electrons. The van der Waals surface area contributed by atoms with Crippen LogP contribution in [0.5, 0.6) is 0 Å². The summed E-state index contributed by atoms with van der Waals surface area (Å²) < 4.78 is 0. The highest BCUT2D eigenvalue weighted by Crippen LogP contribution is 2.15. The highest BCUT2D eigenvalue weighted by molar-refractivity contribution is 7.80. The predicted molar refractivity (Wildman–Crippen MR) is 72.2 cm³/mol. The van der Waals surface area contributed by atoms with Gasteiger partial charge in [0.25, 0.3) is 5.69 Å². The van der Waals surface area contributed by atoms with Crippen LogP contribution >= 0.6 is 12.2 Å². The Kier molecular flexibility index (Phi) is 4.84. The summed E-state index contributed by atoms with van der Waals surface area (Å²) in [7, 11) is 0. The molecule has 0 aliphatic carbocycles. The zero-order valence-corrected chi connectivity index (χ0v) is 10.6. The van der Waals surface area contributed by atoms with Crippen molar-refractivity contribution in [2.75, 3.05) is 5.32 Å². The van der Waals surface area contributed by atoms with Crippen LogP contribution in [-0.4, -0.2) is 16.1 Å². The summed E-state index contributed by atoms with van der Waals surface area (Å²) in [6.45, 7) is 4.09. The lowest BCUT2D eigenvalue weighted by molar-refractivity contribution is -0.384. The molecule has 17 heavy (non-hydrogen) atoms. The number of nitro benzene ring substituents is 1. The van der Waals surface area contributed by atoms with Crippen molar-refractivity contribution in [3.8, 4) is 0 Å². The molecule has 0 amide bonds. The third-order valence-electron chi connectivity index (χ3n) is 2.33. The minimum absolute atomic E-state index is 0.0661.